The summed E-state index contributed by atoms with van der Waals surface area (Å²) in [6.45, 7) is 5.97. The lowest BCUT2D eigenvalue weighted by molar-refractivity contribution is -0.111. The fourth-order valence-corrected chi connectivity index (χ4v) is 0.610. The number of carbonyl (C=O) groups excluding carboxylic acids is 1. The number of hydrogen-bond acceptors (Lipinski definition) is 2. The molecule has 0 unspecified atom stereocenters. The van der Waals surface area contributed by atoms with Gasteiger partial charge in [-0.05, 0) is 19.9 Å². The third-order valence-electron chi connectivity index (χ3n) is 1.01. The van der Waals surface area contributed by atoms with Gasteiger partial charge in [0.15, 0.2) is 5.78 Å². The Morgan fingerprint density at radius 3 is 2.50 bits per heavy atom. The molecule has 0 saturated heterocycles. The number of allylic oxidation sites excluding steroid dienone is 2. The molecule has 0 spiro atoms. The molecule has 0 aromatic carbocycles. The highest BCUT2D eigenvalue weighted by atomic mass is 16.1. The quantitative estimate of drug-likeness (QED) is 0.546. The molecule has 0 heterocycles. The van der Waals surface area contributed by atoms with E-state index in [0.29, 0.717) is 12.3 Å². The van der Waals surface area contributed by atoms with E-state index in [1.54, 1.807) is 6.08 Å². The Morgan fingerprint density at radius 1 is 1.60 bits per heavy atom. The maximum atomic E-state index is 10.7. The van der Waals surface area contributed by atoms with Crippen LogP contribution in [0.1, 0.15) is 20.8 Å². The number of ketones is 1. The monoisotopic (exact) mass is 139 g/mol. The van der Waals surface area contributed by atoms with Crippen molar-refractivity contribution in [1.29, 1.82) is 0 Å². The molecule has 0 N–H and O–H groups in total. The van der Waals surface area contributed by atoms with E-state index in [2.05, 4.69) is 4.99 Å². The van der Waals surface area contributed by atoms with Crippen LogP contribution in [0.5, 0.6) is 0 Å². The van der Waals surface area contributed by atoms with Crippen LogP contribution in [-0.2, 0) is 4.79 Å². The van der Waals surface area contributed by atoms with E-state index < -0.39 is 0 Å². The van der Waals surface area contributed by atoms with Gasteiger partial charge in [-0.3, -0.25) is 9.79 Å². The number of hydrogen-bond donors (Lipinski definition) is 0. The first-order chi connectivity index (χ1) is 4.72. The Kier molecular flexibility index (Phi) is 4.46. The molecule has 0 fully saturated rings. The average molecular weight is 139 g/mol. The van der Waals surface area contributed by atoms with Crippen molar-refractivity contribution in [1.82, 2.24) is 0 Å². The third-order valence-corrected chi connectivity index (χ3v) is 1.01. The molecule has 0 aromatic heterocycles. The third kappa shape index (κ3) is 3.17. The first-order valence-corrected chi connectivity index (χ1v) is 3.40. The summed E-state index contributed by atoms with van der Waals surface area (Å²) < 4.78 is 0. The summed E-state index contributed by atoms with van der Waals surface area (Å²) >= 11 is 0. The highest BCUT2D eigenvalue weighted by Gasteiger charge is 1.97. The predicted molar refractivity (Wildman–Crippen MR) is 43.5 cm³/mol. The van der Waals surface area contributed by atoms with Gasteiger partial charge in [-0.15, -0.1) is 0 Å². The summed E-state index contributed by atoms with van der Waals surface area (Å²) in [5.74, 6) is 0.0277. The SMILES string of the molecule is C/C=C\C(=NCC)C(C)=O. The molecule has 56 valence electrons. The van der Waals surface area contributed by atoms with E-state index in [-0.39, 0.29) is 5.78 Å². The maximum Gasteiger partial charge on any atom is 0.177 e. The van der Waals surface area contributed by atoms with Gasteiger partial charge in [-0.2, -0.15) is 0 Å². The normalized spacial score (nSPS) is 12.5. The smallest absolute Gasteiger partial charge is 0.177 e. The molecule has 2 nitrogen and oxygen atoms in total. The summed E-state index contributed by atoms with van der Waals surface area (Å²) in [5, 5.41) is 0. The fourth-order valence-electron chi connectivity index (χ4n) is 0.610. The number of nitrogens with zero attached hydrogens (tertiary/aromatic N) is 1. The molecule has 0 radical (unpaired) electrons. The highest BCUT2D eigenvalue weighted by Crippen LogP contribution is 1.84. The van der Waals surface area contributed by atoms with Crippen molar-refractivity contribution in [2.24, 2.45) is 4.99 Å². The predicted octanol–water partition coefficient (Wildman–Crippen LogP) is 1.61. The first-order valence-electron chi connectivity index (χ1n) is 3.40. The zero-order chi connectivity index (χ0) is 7.98. The number of carbonyl (C=O) groups is 1. The number of rotatable bonds is 3. The largest absolute Gasteiger partial charge is 0.293 e. The van der Waals surface area contributed by atoms with E-state index in [1.165, 1.54) is 6.92 Å². The molecular weight excluding hydrogens is 126 g/mol. The lowest BCUT2D eigenvalue weighted by atomic mass is 10.2. The molecule has 2 heteroatoms. The molecule has 0 aliphatic carbocycles. The zero-order valence-electron chi connectivity index (χ0n) is 6.72. The van der Waals surface area contributed by atoms with E-state index in [1.807, 2.05) is 19.9 Å². The van der Waals surface area contributed by atoms with E-state index in [9.17, 15) is 4.79 Å². The Morgan fingerprint density at radius 2 is 2.20 bits per heavy atom. The van der Waals surface area contributed by atoms with Crippen molar-refractivity contribution in [3.05, 3.63) is 12.2 Å². The van der Waals surface area contributed by atoms with Crippen molar-refractivity contribution < 1.29 is 4.79 Å². The standard InChI is InChI=1S/C8H13NO/c1-4-6-8(7(3)10)9-5-2/h4,6H,5H2,1-3H3/b6-4-,9-8?. The minimum atomic E-state index is 0.0277. The van der Waals surface area contributed by atoms with Crippen LogP contribution in [0.2, 0.25) is 0 Å². The van der Waals surface area contributed by atoms with Gasteiger partial charge >= 0.3 is 0 Å². The molecule has 0 amide bonds. The lowest BCUT2D eigenvalue weighted by Crippen LogP contribution is -2.06. The second-order valence-corrected chi connectivity index (χ2v) is 1.92. The van der Waals surface area contributed by atoms with Gasteiger partial charge in [0.2, 0.25) is 0 Å². The minimum Gasteiger partial charge on any atom is -0.293 e. The van der Waals surface area contributed by atoms with Gasteiger partial charge in [0.1, 0.15) is 0 Å². The van der Waals surface area contributed by atoms with Crippen LogP contribution in [0.15, 0.2) is 17.1 Å². The Labute approximate surface area is 61.7 Å². The number of aliphatic imine (C=N–C) groups is 1. The van der Waals surface area contributed by atoms with E-state index in [4.69, 9.17) is 0 Å². The van der Waals surface area contributed by atoms with Crippen LogP contribution in [0, 0.1) is 0 Å². The van der Waals surface area contributed by atoms with Crippen LogP contribution in [0.4, 0.5) is 0 Å². The van der Waals surface area contributed by atoms with Crippen LogP contribution in [0.3, 0.4) is 0 Å². The van der Waals surface area contributed by atoms with Crippen molar-refractivity contribution in [2.75, 3.05) is 6.54 Å². The van der Waals surface area contributed by atoms with Gasteiger partial charge in [0, 0.05) is 13.5 Å². The average Bonchev–Trinajstić information content (AvgIpc) is 1.87. The Bertz CT molecular complexity index is 168. The molecule has 0 rings (SSSR count). The highest BCUT2D eigenvalue weighted by molar-refractivity contribution is 6.43. The van der Waals surface area contributed by atoms with Crippen LogP contribution in [-0.4, -0.2) is 18.0 Å². The minimum absolute atomic E-state index is 0.0277. The summed E-state index contributed by atoms with van der Waals surface area (Å²) in [6.07, 6.45) is 3.54. The first kappa shape index (κ1) is 9.08. The molecule has 0 aromatic rings. The van der Waals surface area contributed by atoms with Crippen molar-refractivity contribution in [2.45, 2.75) is 20.8 Å². The van der Waals surface area contributed by atoms with Gasteiger partial charge in [-0.25, -0.2) is 0 Å². The van der Waals surface area contributed by atoms with Crippen LogP contribution in [0.25, 0.3) is 0 Å². The van der Waals surface area contributed by atoms with Crippen LogP contribution >= 0.6 is 0 Å². The summed E-state index contributed by atoms with van der Waals surface area (Å²) in [4.78, 5) is 14.7. The molecule has 0 atom stereocenters. The fraction of sp³-hybridized carbons (Fsp3) is 0.500. The Balaban J connectivity index is 4.26. The second kappa shape index (κ2) is 4.91. The zero-order valence-corrected chi connectivity index (χ0v) is 6.72. The van der Waals surface area contributed by atoms with E-state index >= 15 is 0 Å². The van der Waals surface area contributed by atoms with Gasteiger partial charge in [-0.1, -0.05) is 6.08 Å². The van der Waals surface area contributed by atoms with Crippen molar-refractivity contribution in [3.63, 3.8) is 0 Å². The van der Waals surface area contributed by atoms with Gasteiger partial charge in [0.25, 0.3) is 0 Å². The second-order valence-electron chi connectivity index (χ2n) is 1.92. The molecule has 0 saturated carbocycles. The topological polar surface area (TPSA) is 29.4 Å². The van der Waals surface area contributed by atoms with Crippen molar-refractivity contribution in [3.8, 4) is 0 Å². The van der Waals surface area contributed by atoms with E-state index in [0.717, 1.165) is 0 Å². The molecule has 0 aliphatic heterocycles. The van der Waals surface area contributed by atoms with Gasteiger partial charge < -0.3 is 0 Å². The van der Waals surface area contributed by atoms with Crippen molar-refractivity contribution >= 4 is 11.5 Å². The molecule has 0 bridgehead atoms. The summed E-state index contributed by atoms with van der Waals surface area (Å²) in [6, 6.07) is 0. The lowest BCUT2D eigenvalue weighted by Gasteiger charge is -1.91. The summed E-state index contributed by atoms with van der Waals surface area (Å²) in [7, 11) is 0. The van der Waals surface area contributed by atoms with Crippen LogP contribution < -0.4 is 0 Å². The molecule has 0 aliphatic rings. The molecular formula is C8H13NO. The summed E-state index contributed by atoms with van der Waals surface area (Å²) in [5.41, 5.74) is 0.560. The van der Waals surface area contributed by atoms with Gasteiger partial charge in [0.05, 0.1) is 5.71 Å². The molecule has 10 heavy (non-hydrogen) atoms. The number of Topliss-reactive ketones (excluding diaryl/α,β-unsaturated/α-hetero) is 1. The Hall–Kier alpha value is -0.920. The maximum absolute atomic E-state index is 10.7.